The second-order valence-electron chi connectivity index (χ2n) is 9.08. The minimum Gasteiger partial charge on any atom is -0.508 e. The largest absolute Gasteiger partial charge is 0.508 e. The Morgan fingerprint density at radius 3 is 2.49 bits per heavy atom. The van der Waals surface area contributed by atoms with Crippen LogP contribution in [0.25, 0.3) is 10.9 Å². The maximum absolute atomic E-state index is 9.35. The van der Waals surface area contributed by atoms with Crippen LogP contribution >= 0.6 is 0 Å². The van der Waals surface area contributed by atoms with Crippen molar-refractivity contribution in [1.82, 2.24) is 19.9 Å². The monoisotopic (exact) mass is 500 g/mol. The molecule has 9 heteroatoms. The highest BCUT2D eigenvalue weighted by molar-refractivity contribution is 5.83. The first kappa shape index (κ1) is 24.7. The van der Waals surface area contributed by atoms with Gasteiger partial charge in [0.2, 0.25) is 5.95 Å². The molecule has 0 amide bonds. The number of pyridine rings is 1. The lowest BCUT2D eigenvalue weighted by Gasteiger charge is -2.39. The zero-order valence-electron chi connectivity index (χ0n) is 20.9. The maximum Gasteiger partial charge on any atom is 0.229 e. The molecule has 2 aliphatic rings. The number of nitrogens with zero attached hydrogens (tertiary/aromatic N) is 4. The van der Waals surface area contributed by atoms with Crippen molar-refractivity contribution in [2.75, 3.05) is 44.0 Å². The Morgan fingerprint density at radius 2 is 1.76 bits per heavy atom. The van der Waals surface area contributed by atoms with E-state index < -0.39 is 0 Å². The van der Waals surface area contributed by atoms with Gasteiger partial charge in [-0.2, -0.15) is 4.98 Å². The van der Waals surface area contributed by atoms with Gasteiger partial charge in [0.05, 0.1) is 37.7 Å². The second-order valence-corrected chi connectivity index (χ2v) is 9.08. The molecule has 2 fully saturated rings. The summed E-state index contributed by atoms with van der Waals surface area (Å²) >= 11 is 0. The fraction of sp³-hybridized carbons (Fsp3) is 0.321. The highest BCUT2D eigenvalue weighted by Crippen LogP contribution is 2.25. The van der Waals surface area contributed by atoms with Crippen molar-refractivity contribution in [1.29, 1.82) is 0 Å². The van der Waals surface area contributed by atoms with Gasteiger partial charge >= 0.3 is 0 Å². The summed E-state index contributed by atoms with van der Waals surface area (Å²) in [6.07, 6.45) is 7.72. The lowest BCUT2D eigenvalue weighted by molar-refractivity contribution is -0.00153. The van der Waals surface area contributed by atoms with E-state index in [0.29, 0.717) is 11.8 Å². The van der Waals surface area contributed by atoms with Gasteiger partial charge in [-0.1, -0.05) is 6.42 Å². The molecule has 0 radical (unpaired) electrons. The number of ether oxygens (including phenoxy) is 2. The summed E-state index contributed by atoms with van der Waals surface area (Å²) in [7, 11) is 1.63. The Labute approximate surface area is 216 Å². The third-order valence-corrected chi connectivity index (χ3v) is 6.58. The average Bonchev–Trinajstić information content (AvgIpc) is 2.90. The van der Waals surface area contributed by atoms with E-state index in [2.05, 4.69) is 30.5 Å². The van der Waals surface area contributed by atoms with E-state index in [4.69, 9.17) is 9.47 Å². The van der Waals surface area contributed by atoms with Crippen LogP contribution in [0.15, 0.2) is 67.0 Å². The molecule has 6 rings (SSSR count). The van der Waals surface area contributed by atoms with Crippen molar-refractivity contribution in [2.45, 2.75) is 25.3 Å². The second kappa shape index (κ2) is 11.9. The minimum absolute atomic E-state index is 0.207. The Bertz CT molecular complexity index is 1310. The summed E-state index contributed by atoms with van der Waals surface area (Å²) < 4.78 is 10.5. The van der Waals surface area contributed by atoms with Crippen LogP contribution in [0.4, 0.5) is 23.1 Å². The molecule has 192 valence electrons. The van der Waals surface area contributed by atoms with E-state index in [1.165, 1.54) is 32.4 Å². The predicted molar refractivity (Wildman–Crippen MR) is 145 cm³/mol. The van der Waals surface area contributed by atoms with E-state index in [0.717, 1.165) is 47.3 Å². The van der Waals surface area contributed by atoms with Gasteiger partial charge in [0.15, 0.2) is 0 Å². The highest BCUT2D eigenvalue weighted by atomic mass is 16.5. The number of aromatic nitrogens is 3. The molecule has 1 aliphatic heterocycles. The number of hydrogen-bond acceptors (Lipinski definition) is 9. The standard InChI is InChI=1S/C20H17N5O2.C8H15NO/c1-27-17-7-2-13-10-15(12-22-18(13)11-17)23-19-8-9-21-20(25-19)24-14-3-5-16(26)6-4-14;1-2-8(3-1)9-4-6-10-7-5-9/h2-12,26H,1H3,(H2,21,23,24,25);8H,1-7H2. The number of methoxy groups -OCH3 is 1. The lowest BCUT2D eigenvalue weighted by Crippen LogP contribution is -2.46. The van der Waals surface area contributed by atoms with Crippen LogP contribution in [-0.2, 0) is 4.74 Å². The number of fused-ring (bicyclic) bond motifs is 1. The molecule has 0 unspecified atom stereocenters. The molecule has 37 heavy (non-hydrogen) atoms. The fourth-order valence-electron chi connectivity index (χ4n) is 4.30. The number of phenols is 1. The molecule has 1 aliphatic carbocycles. The van der Waals surface area contributed by atoms with Crippen molar-refractivity contribution in [2.24, 2.45) is 0 Å². The van der Waals surface area contributed by atoms with Gasteiger partial charge in [-0.3, -0.25) is 9.88 Å². The smallest absolute Gasteiger partial charge is 0.229 e. The molecule has 0 atom stereocenters. The summed E-state index contributed by atoms with van der Waals surface area (Å²) in [4.78, 5) is 15.7. The quantitative estimate of drug-likeness (QED) is 0.312. The van der Waals surface area contributed by atoms with Gasteiger partial charge in [-0.25, -0.2) is 4.98 Å². The molecule has 2 aromatic heterocycles. The Balaban J connectivity index is 0.000000233. The van der Waals surface area contributed by atoms with Crippen LogP contribution in [0.3, 0.4) is 0 Å². The molecule has 3 N–H and O–H groups in total. The lowest BCUT2D eigenvalue weighted by atomic mass is 9.91. The summed E-state index contributed by atoms with van der Waals surface area (Å²) in [5.41, 5.74) is 2.46. The topological polar surface area (TPSA) is 105 Å². The van der Waals surface area contributed by atoms with E-state index in [1.807, 2.05) is 24.3 Å². The van der Waals surface area contributed by atoms with Gasteiger partial charge in [-0.15, -0.1) is 0 Å². The molecule has 1 saturated carbocycles. The van der Waals surface area contributed by atoms with E-state index >= 15 is 0 Å². The van der Waals surface area contributed by atoms with Crippen LogP contribution in [0.1, 0.15) is 19.3 Å². The number of benzene rings is 2. The first-order valence-corrected chi connectivity index (χ1v) is 12.6. The van der Waals surface area contributed by atoms with Crippen molar-refractivity contribution in [3.8, 4) is 11.5 Å². The van der Waals surface area contributed by atoms with Gasteiger partial charge < -0.3 is 25.2 Å². The molecule has 0 bridgehead atoms. The predicted octanol–water partition coefficient (Wildman–Crippen LogP) is 5.10. The maximum atomic E-state index is 9.35. The van der Waals surface area contributed by atoms with Crippen molar-refractivity contribution in [3.63, 3.8) is 0 Å². The third kappa shape index (κ3) is 6.63. The molecule has 0 spiro atoms. The van der Waals surface area contributed by atoms with Gasteiger partial charge in [0, 0.05) is 42.5 Å². The van der Waals surface area contributed by atoms with Crippen molar-refractivity contribution >= 4 is 34.0 Å². The van der Waals surface area contributed by atoms with Crippen LogP contribution in [0, 0.1) is 0 Å². The van der Waals surface area contributed by atoms with Crippen molar-refractivity contribution < 1.29 is 14.6 Å². The number of phenolic OH excluding ortho intramolecular Hbond substituents is 1. The van der Waals surface area contributed by atoms with E-state index in [1.54, 1.807) is 49.8 Å². The first-order valence-electron chi connectivity index (χ1n) is 12.6. The zero-order valence-corrected chi connectivity index (χ0v) is 20.9. The number of anilines is 4. The molecular formula is C28H32N6O3. The zero-order chi connectivity index (χ0) is 25.5. The SMILES string of the molecule is C1CC(N2CCOCC2)C1.COc1ccc2cc(Nc3ccnc(Nc4ccc(O)cc4)n3)cnc2c1. The molecule has 4 aromatic rings. The molecule has 1 saturated heterocycles. The Kier molecular flexibility index (Phi) is 7.93. The van der Waals surface area contributed by atoms with Gasteiger partial charge in [0.25, 0.3) is 0 Å². The van der Waals surface area contributed by atoms with Gasteiger partial charge in [-0.05, 0) is 61.4 Å². The number of rotatable bonds is 6. The number of aromatic hydroxyl groups is 1. The summed E-state index contributed by atoms with van der Waals surface area (Å²) in [6.45, 7) is 4.25. The van der Waals surface area contributed by atoms with Crippen LogP contribution < -0.4 is 15.4 Å². The Hall–Kier alpha value is -3.95. The van der Waals surface area contributed by atoms with Crippen LogP contribution in [0.5, 0.6) is 11.5 Å². The van der Waals surface area contributed by atoms with Crippen molar-refractivity contribution in [3.05, 3.63) is 67.0 Å². The van der Waals surface area contributed by atoms with E-state index in [9.17, 15) is 5.11 Å². The number of morpholine rings is 1. The van der Waals surface area contributed by atoms with Crippen LogP contribution in [-0.4, -0.2) is 64.4 Å². The number of nitrogens with one attached hydrogen (secondary N) is 2. The summed E-state index contributed by atoms with van der Waals surface area (Å²) in [5.74, 6) is 2.07. The molecule has 3 heterocycles. The minimum atomic E-state index is 0.207. The molecule has 2 aromatic carbocycles. The average molecular weight is 501 g/mol. The third-order valence-electron chi connectivity index (χ3n) is 6.58. The normalized spacial score (nSPS) is 15.8. The van der Waals surface area contributed by atoms with E-state index in [-0.39, 0.29) is 5.75 Å². The Morgan fingerprint density at radius 1 is 0.946 bits per heavy atom. The van der Waals surface area contributed by atoms with Crippen LogP contribution in [0.2, 0.25) is 0 Å². The summed E-state index contributed by atoms with van der Waals surface area (Å²) in [6, 6.07) is 17.1. The fourth-order valence-corrected chi connectivity index (χ4v) is 4.30. The first-order chi connectivity index (χ1) is 18.2. The molecular weight excluding hydrogens is 468 g/mol. The molecule has 9 nitrogen and oxygen atoms in total. The van der Waals surface area contributed by atoms with Gasteiger partial charge in [0.1, 0.15) is 17.3 Å². The highest BCUT2D eigenvalue weighted by Gasteiger charge is 2.25. The summed E-state index contributed by atoms with van der Waals surface area (Å²) in [5, 5.41) is 16.7. The number of hydrogen-bond donors (Lipinski definition) is 3.